The predicted octanol–water partition coefficient (Wildman–Crippen LogP) is 2.84. The van der Waals surface area contributed by atoms with Crippen LogP contribution in [0.1, 0.15) is 18.4 Å². The van der Waals surface area contributed by atoms with Gasteiger partial charge in [-0.25, -0.2) is 8.42 Å². The molecule has 0 atom stereocenters. The Morgan fingerprint density at radius 2 is 1.85 bits per heavy atom. The smallest absolute Gasteiger partial charge is 0.271 e. The number of benzene rings is 1. The van der Waals surface area contributed by atoms with E-state index in [2.05, 4.69) is 20.7 Å². The summed E-state index contributed by atoms with van der Waals surface area (Å²) in [4.78, 5) is 14.1. The zero-order valence-electron chi connectivity index (χ0n) is 13.9. The molecule has 1 amide bonds. The highest BCUT2D eigenvalue weighted by molar-refractivity contribution is 9.11. The standard InChI is InChI=1S/C17H19BrN2O4S2/c18-15-5-6-17(25-15)26(23,24)19-13-3-1-12(2-4-13)11-16(22)20-9-7-14(21)8-10-20/h1-6,14,19,21H,7-11H2. The molecule has 140 valence electrons. The van der Waals surface area contributed by atoms with Gasteiger partial charge in [0.2, 0.25) is 5.91 Å². The van der Waals surface area contributed by atoms with Crippen LogP contribution in [0.25, 0.3) is 0 Å². The minimum Gasteiger partial charge on any atom is -0.393 e. The molecule has 9 heteroatoms. The summed E-state index contributed by atoms with van der Waals surface area (Å²) in [5.74, 6) is 0.0219. The van der Waals surface area contributed by atoms with E-state index in [0.717, 1.165) is 20.7 Å². The molecular weight excluding hydrogens is 440 g/mol. The summed E-state index contributed by atoms with van der Waals surface area (Å²) >= 11 is 4.39. The van der Waals surface area contributed by atoms with Crippen LogP contribution >= 0.6 is 27.3 Å². The summed E-state index contributed by atoms with van der Waals surface area (Å²) in [7, 11) is -3.61. The maximum Gasteiger partial charge on any atom is 0.271 e. The van der Waals surface area contributed by atoms with Crippen molar-refractivity contribution >= 4 is 48.9 Å². The van der Waals surface area contributed by atoms with Gasteiger partial charge in [-0.1, -0.05) is 12.1 Å². The molecule has 0 radical (unpaired) electrons. The molecule has 0 aliphatic carbocycles. The van der Waals surface area contributed by atoms with Crippen LogP contribution in [0.2, 0.25) is 0 Å². The Hall–Kier alpha value is -1.42. The van der Waals surface area contributed by atoms with Gasteiger partial charge in [0.05, 0.1) is 16.3 Å². The van der Waals surface area contributed by atoms with Crippen molar-refractivity contribution in [2.45, 2.75) is 29.6 Å². The number of aliphatic hydroxyl groups excluding tert-OH is 1. The van der Waals surface area contributed by atoms with E-state index in [9.17, 15) is 18.3 Å². The number of carbonyl (C=O) groups excluding carboxylic acids is 1. The zero-order chi connectivity index (χ0) is 18.7. The third kappa shape index (κ3) is 4.85. The molecule has 26 heavy (non-hydrogen) atoms. The maximum absolute atomic E-state index is 12.3. The molecule has 2 aromatic rings. The van der Waals surface area contributed by atoms with E-state index in [-0.39, 0.29) is 22.6 Å². The molecule has 1 aromatic heterocycles. The minimum absolute atomic E-state index is 0.0219. The second-order valence-electron chi connectivity index (χ2n) is 6.15. The SMILES string of the molecule is O=C(Cc1ccc(NS(=O)(=O)c2ccc(Br)s2)cc1)N1CCC(O)CC1. The van der Waals surface area contributed by atoms with Gasteiger partial charge in [0.1, 0.15) is 4.21 Å². The molecule has 0 unspecified atom stereocenters. The molecule has 1 aliphatic heterocycles. The van der Waals surface area contributed by atoms with Crippen molar-refractivity contribution in [1.82, 2.24) is 4.90 Å². The van der Waals surface area contributed by atoms with Crippen LogP contribution in [0.5, 0.6) is 0 Å². The lowest BCUT2D eigenvalue weighted by Crippen LogP contribution is -2.40. The van der Waals surface area contributed by atoms with Crippen molar-refractivity contribution in [3.05, 3.63) is 45.7 Å². The number of hydrogen-bond donors (Lipinski definition) is 2. The van der Waals surface area contributed by atoms with Gasteiger partial charge in [0.15, 0.2) is 0 Å². The lowest BCUT2D eigenvalue weighted by Gasteiger charge is -2.29. The molecule has 1 aliphatic rings. The first-order chi connectivity index (χ1) is 12.3. The van der Waals surface area contributed by atoms with Crippen molar-refractivity contribution < 1.29 is 18.3 Å². The number of anilines is 1. The van der Waals surface area contributed by atoms with Gasteiger partial charge >= 0.3 is 0 Å². The van der Waals surface area contributed by atoms with Gasteiger partial charge in [-0.15, -0.1) is 11.3 Å². The summed E-state index contributed by atoms with van der Waals surface area (Å²) in [6.45, 7) is 1.16. The molecule has 2 heterocycles. The number of rotatable bonds is 5. The quantitative estimate of drug-likeness (QED) is 0.720. The van der Waals surface area contributed by atoms with Crippen LogP contribution < -0.4 is 4.72 Å². The number of carbonyl (C=O) groups is 1. The third-order valence-electron chi connectivity index (χ3n) is 4.19. The van der Waals surface area contributed by atoms with E-state index < -0.39 is 10.0 Å². The summed E-state index contributed by atoms with van der Waals surface area (Å²) in [6, 6.07) is 10.0. The first-order valence-corrected chi connectivity index (χ1v) is 11.3. The zero-order valence-corrected chi connectivity index (χ0v) is 17.1. The fourth-order valence-electron chi connectivity index (χ4n) is 2.74. The number of likely N-dealkylation sites (tertiary alicyclic amines) is 1. The van der Waals surface area contributed by atoms with Crippen LogP contribution in [0.15, 0.2) is 44.4 Å². The molecule has 0 bridgehead atoms. The van der Waals surface area contributed by atoms with Crippen LogP contribution in [0.3, 0.4) is 0 Å². The molecule has 1 saturated heterocycles. The van der Waals surface area contributed by atoms with Crippen molar-refractivity contribution in [2.75, 3.05) is 17.8 Å². The van der Waals surface area contributed by atoms with E-state index in [1.54, 1.807) is 41.3 Å². The normalized spacial score (nSPS) is 15.8. The Kier molecular flexibility index (Phi) is 6.01. The summed E-state index contributed by atoms with van der Waals surface area (Å²) in [5, 5.41) is 9.51. The highest BCUT2D eigenvalue weighted by Gasteiger charge is 2.21. The number of nitrogens with zero attached hydrogens (tertiary/aromatic N) is 1. The highest BCUT2D eigenvalue weighted by atomic mass is 79.9. The minimum atomic E-state index is -3.61. The number of halogens is 1. The van der Waals surface area contributed by atoms with Crippen LogP contribution in [-0.4, -0.2) is 43.5 Å². The third-order valence-corrected chi connectivity index (χ3v) is 7.69. The van der Waals surface area contributed by atoms with Crippen LogP contribution in [0.4, 0.5) is 5.69 Å². The summed E-state index contributed by atoms with van der Waals surface area (Å²) < 4.78 is 28.1. The molecule has 6 nitrogen and oxygen atoms in total. The van der Waals surface area contributed by atoms with Crippen LogP contribution in [0, 0.1) is 0 Å². The first kappa shape index (κ1) is 19.3. The Balaban J connectivity index is 1.61. The Labute approximate surface area is 165 Å². The Morgan fingerprint density at radius 3 is 2.42 bits per heavy atom. The maximum atomic E-state index is 12.3. The van der Waals surface area contributed by atoms with Gasteiger partial charge in [0, 0.05) is 18.8 Å². The average molecular weight is 459 g/mol. The number of thiophene rings is 1. The highest BCUT2D eigenvalue weighted by Crippen LogP contribution is 2.27. The largest absolute Gasteiger partial charge is 0.393 e. The second kappa shape index (κ2) is 8.08. The van der Waals surface area contributed by atoms with E-state index in [1.165, 1.54) is 0 Å². The lowest BCUT2D eigenvalue weighted by molar-refractivity contribution is -0.132. The Morgan fingerprint density at radius 1 is 1.19 bits per heavy atom. The molecule has 0 saturated carbocycles. The molecule has 2 N–H and O–H groups in total. The summed E-state index contributed by atoms with van der Waals surface area (Å²) in [5.41, 5.74) is 1.27. The summed E-state index contributed by atoms with van der Waals surface area (Å²) in [6.07, 6.45) is 1.19. The van der Waals surface area contributed by atoms with Crippen molar-refractivity contribution in [3.8, 4) is 0 Å². The molecule has 3 rings (SSSR count). The van der Waals surface area contributed by atoms with E-state index in [0.29, 0.717) is 31.6 Å². The monoisotopic (exact) mass is 458 g/mol. The second-order valence-corrected chi connectivity index (χ2v) is 10.5. The van der Waals surface area contributed by atoms with Gasteiger partial charge in [-0.3, -0.25) is 9.52 Å². The molecule has 1 aromatic carbocycles. The number of piperidine rings is 1. The van der Waals surface area contributed by atoms with Gasteiger partial charge in [0.25, 0.3) is 10.0 Å². The number of hydrogen-bond acceptors (Lipinski definition) is 5. The molecule has 1 fully saturated rings. The number of amides is 1. The van der Waals surface area contributed by atoms with Crippen molar-refractivity contribution in [1.29, 1.82) is 0 Å². The van der Waals surface area contributed by atoms with Gasteiger partial charge in [-0.05, 0) is 58.6 Å². The van der Waals surface area contributed by atoms with Gasteiger partial charge in [-0.2, -0.15) is 0 Å². The molecular formula is C17H19BrN2O4S2. The van der Waals surface area contributed by atoms with E-state index in [1.807, 2.05) is 0 Å². The number of sulfonamides is 1. The predicted molar refractivity (Wildman–Crippen MR) is 105 cm³/mol. The lowest BCUT2D eigenvalue weighted by atomic mass is 10.1. The van der Waals surface area contributed by atoms with Crippen molar-refractivity contribution in [2.24, 2.45) is 0 Å². The Bertz CT molecular complexity index is 872. The average Bonchev–Trinajstić information content (AvgIpc) is 3.04. The number of nitrogens with one attached hydrogen (secondary N) is 1. The fraction of sp³-hybridized carbons (Fsp3) is 0.353. The number of aliphatic hydroxyl groups is 1. The van der Waals surface area contributed by atoms with Crippen LogP contribution in [-0.2, 0) is 21.2 Å². The van der Waals surface area contributed by atoms with Gasteiger partial charge < -0.3 is 10.0 Å². The molecule has 0 spiro atoms. The topological polar surface area (TPSA) is 86.7 Å². The van der Waals surface area contributed by atoms with E-state index in [4.69, 9.17) is 0 Å². The van der Waals surface area contributed by atoms with E-state index >= 15 is 0 Å². The fourth-order valence-corrected chi connectivity index (χ4v) is 5.81. The van der Waals surface area contributed by atoms with Crippen molar-refractivity contribution in [3.63, 3.8) is 0 Å². The first-order valence-electron chi connectivity index (χ1n) is 8.16.